The molecule has 0 amide bonds. The van der Waals surface area contributed by atoms with Gasteiger partial charge in [0.15, 0.2) is 0 Å². The van der Waals surface area contributed by atoms with E-state index in [2.05, 4.69) is 66.3 Å². The summed E-state index contributed by atoms with van der Waals surface area (Å²) in [5, 5.41) is 0. The van der Waals surface area contributed by atoms with E-state index in [-0.39, 0.29) is 0 Å². The molecule has 0 rings (SSSR count). The molecule has 4 heteroatoms. The van der Waals surface area contributed by atoms with E-state index in [0.29, 0.717) is 4.59 Å². The van der Waals surface area contributed by atoms with E-state index in [1.165, 1.54) is 83.6 Å². The lowest BCUT2D eigenvalue weighted by molar-refractivity contribution is -0.935. The van der Waals surface area contributed by atoms with E-state index < -0.39 is 0 Å². The third kappa shape index (κ3) is 20.6. The molecule has 0 aromatic heterocycles. The summed E-state index contributed by atoms with van der Waals surface area (Å²) in [6.07, 6.45) is 16.4. The number of nitrogens with two attached hydrogens (primary N) is 1. The maximum atomic E-state index is 5.44. The van der Waals surface area contributed by atoms with Gasteiger partial charge in [0, 0.05) is 0 Å². The van der Waals surface area contributed by atoms with Crippen LogP contribution in [0.1, 0.15) is 105 Å². The van der Waals surface area contributed by atoms with E-state index in [0.717, 1.165) is 18.4 Å². The average Bonchev–Trinajstić information content (AvgIpc) is 2.67. The summed E-state index contributed by atoms with van der Waals surface area (Å²) in [6.45, 7) is 11.6. The quantitative estimate of drug-likeness (QED) is 0.135. The van der Waals surface area contributed by atoms with Crippen LogP contribution >= 0.6 is 0 Å². The minimum atomic E-state index is 0.713. The van der Waals surface area contributed by atoms with Gasteiger partial charge in [-0.25, -0.2) is 10.4 Å². The Hall–Kier alpha value is -0.160. The van der Waals surface area contributed by atoms with Gasteiger partial charge in [0.05, 0.1) is 20.6 Å². The van der Waals surface area contributed by atoms with Gasteiger partial charge in [-0.1, -0.05) is 85.5 Å². The second-order valence-corrected chi connectivity index (χ2v) is 9.46. The summed E-state index contributed by atoms with van der Waals surface area (Å²) in [4.78, 5) is 2.28. The van der Waals surface area contributed by atoms with Crippen LogP contribution < -0.4 is 11.4 Å². The number of hydrazine groups is 1. The number of nitrogens with zero attached hydrogens (tertiary/aromatic N) is 2. The highest BCUT2D eigenvalue weighted by atomic mass is 17.0. The fraction of sp³-hybridized carbons (Fsp3) is 1.00. The van der Waals surface area contributed by atoms with Crippen molar-refractivity contribution in [2.45, 2.75) is 105 Å². The number of hydrogen-bond acceptors (Lipinski definition) is 3. The van der Waals surface area contributed by atoms with Crippen molar-refractivity contribution in [2.24, 2.45) is 17.7 Å². The molecule has 28 heavy (non-hydrogen) atoms. The molecule has 0 saturated heterocycles. The van der Waals surface area contributed by atoms with E-state index >= 15 is 0 Å². The molecule has 0 aliphatic heterocycles. The highest BCUT2D eigenvalue weighted by molar-refractivity contribution is 4.58. The van der Waals surface area contributed by atoms with Crippen LogP contribution in [-0.2, 0) is 0 Å². The molecule has 3 N–H and O–H groups in total. The lowest BCUT2D eigenvalue weighted by Gasteiger charge is -2.26. The molecule has 0 fully saturated rings. The van der Waals surface area contributed by atoms with Crippen LogP contribution in [0.5, 0.6) is 0 Å². The summed E-state index contributed by atoms with van der Waals surface area (Å²) in [7, 11) is 8.51. The second kappa shape index (κ2) is 20.1. The summed E-state index contributed by atoms with van der Waals surface area (Å²) in [6, 6.07) is 0. The van der Waals surface area contributed by atoms with Gasteiger partial charge in [-0.2, -0.15) is 0 Å². The van der Waals surface area contributed by atoms with Crippen molar-refractivity contribution >= 4 is 0 Å². The molecule has 0 spiro atoms. The van der Waals surface area contributed by atoms with Crippen LogP contribution in [0.3, 0.4) is 0 Å². The minimum absolute atomic E-state index is 0.713. The van der Waals surface area contributed by atoms with E-state index in [1.807, 2.05) is 0 Å². The number of unbranched alkanes of at least 4 members (excludes halogenated alkanes) is 2. The molecule has 0 aliphatic rings. The molecule has 0 heterocycles. The second-order valence-electron chi connectivity index (χ2n) is 9.46. The Morgan fingerprint density at radius 3 is 1.57 bits per heavy atom. The summed E-state index contributed by atoms with van der Waals surface area (Å²) in [5.41, 5.74) is 2.81. The van der Waals surface area contributed by atoms with Gasteiger partial charge in [0.25, 0.3) is 0 Å². The van der Waals surface area contributed by atoms with Gasteiger partial charge >= 0.3 is 0 Å². The van der Waals surface area contributed by atoms with E-state index in [1.54, 1.807) is 0 Å². The van der Waals surface area contributed by atoms with Crippen LogP contribution in [0.15, 0.2) is 0 Å². The van der Waals surface area contributed by atoms with Crippen molar-refractivity contribution in [3.05, 3.63) is 0 Å². The summed E-state index contributed by atoms with van der Waals surface area (Å²) in [5.74, 6) is 7.38. The first-order valence-corrected chi connectivity index (χ1v) is 12.2. The fourth-order valence-corrected chi connectivity index (χ4v) is 3.79. The maximum absolute atomic E-state index is 5.44. The van der Waals surface area contributed by atoms with Crippen molar-refractivity contribution in [3.8, 4) is 0 Å². The standard InChI is InChI=1S/C12H30N3.C12H27N/c1-5-9-12(6-2)10-7-8-11-15(3,4)14-13;1-5-9-12(6-2)10-7-8-11-13(3)4/h12,14H,5-11,13H2,1-4H3;12H,5-11H2,1-4H3/q+1;/i15+2;13+2. The molecule has 0 radical (unpaired) electrons. The van der Waals surface area contributed by atoms with Crippen LogP contribution in [0, 0.1) is 11.8 Å². The van der Waals surface area contributed by atoms with Crippen LogP contribution in [0.4, 0.5) is 0 Å². The van der Waals surface area contributed by atoms with E-state index in [4.69, 9.17) is 5.84 Å². The molecular formula is C24H57N4+. The molecule has 172 valence electrons. The zero-order chi connectivity index (χ0) is 21.8. The first-order chi connectivity index (χ1) is 13.3. The normalized spacial score (nSPS) is 13.9. The predicted octanol–water partition coefficient (Wildman–Crippen LogP) is 5.98. The Kier molecular flexibility index (Phi) is 21.6. The first-order valence-electron chi connectivity index (χ1n) is 12.2. The molecule has 0 aromatic carbocycles. The first kappa shape index (κ1) is 30.0. The fourth-order valence-electron chi connectivity index (χ4n) is 3.79. The van der Waals surface area contributed by atoms with Crippen molar-refractivity contribution in [1.82, 2.24) is 10.4 Å². The predicted molar refractivity (Wildman–Crippen MR) is 128 cm³/mol. The van der Waals surface area contributed by atoms with Gasteiger partial charge < -0.3 is 4.90 Å². The monoisotopic (exact) mass is 405 g/mol. The topological polar surface area (TPSA) is 41.3 Å². The van der Waals surface area contributed by atoms with Gasteiger partial charge in [0.2, 0.25) is 0 Å². The Balaban J connectivity index is 0. The van der Waals surface area contributed by atoms with Crippen molar-refractivity contribution in [1.29, 1.82) is 0 Å². The van der Waals surface area contributed by atoms with Crippen LogP contribution in [0.25, 0.3) is 0 Å². The maximum Gasteiger partial charge on any atom is 0.0969 e. The number of hydrogen-bond donors (Lipinski definition) is 2. The summed E-state index contributed by atoms with van der Waals surface area (Å²) < 4.78 is 0.713. The third-order valence-corrected chi connectivity index (χ3v) is 5.95. The average molecular weight is 406 g/mol. The molecule has 0 aromatic rings. The highest BCUT2D eigenvalue weighted by Crippen LogP contribution is 2.19. The van der Waals surface area contributed by atoms with Crippen molar-refractivity contribution < 1.29 is 4.59 Å². The lowest BCUT2D eigenvalue weighted by atomic mass is 9.95. The number of quaternary nitrogens is 1. The Bertz CT molecular complexity index is 305. The zero-order valence-electron chi connectivity index (χ0n) is 21.0. The number of nitrogens with one attached hydrogen (secondary N) is 1. The lowest BCUT2D eigenvalue weighted by Crippen LogP contribution is -2.55. The Morgan fingerprint density at radius 2 is 1.21 bits per heavy atom. The van der Waals surface area contributed by atoms with Gasteiger partial charge in [-0.15, -0.1) is 5.53 Å². The largest absolute Gasteiger partial charge is 0.309 e. The minimum Gasteiger partial charge on any atom is -0.309 e. The number of rotatable bonds is 17. The zero-order valence-corrected chi connectivity index (χ0v) is 21.0. The third-order valence-electron chi connectivity index (χ3n) is 5.95. The van der Waals surface area contributed by atoms with Crippen molar-refractivity contribution in [3.63, 3.8) is 0 Å². The summed E-state index contributed by atoms with van der Waals surface area (Å²) >= 11 is 0. The molecule has 2 unspecified atom stereocenters. The molecule has 4 nitrogen and oxygen atoms in total. The smallest absolute Gasteiger partial charge is 0.0969 e. The SMILES string of the molecule is CCCC(CC)CCCC[16N+](C)(C)NN.CCCC(CC)CCCC[16N](C)C. The van der Waals surface area contributed by atoms with Crippen LogP contribution in [-0.4, -0.2) is 50.8 Å². The van der Waals surface area contributed by atoms with Crippen molar-refractivity contribution in [2.75, 3.05) is 41.3 Å². The highest BCUT2D eigenvalue weighted by Gasteiger charge is 2.12. The van der Waals surface area contributed by atoms with Gasteiger partial charge in [-0.3, -0.25) is 0 Å². The van der Waals surface area contributed by atoms with Crippen LogP contribution in [0.2, 0.25) is 0 Å². The van der Waals surface area contributed by atoms with E-state index in [9.17, 15) is 0 Å². The van der Waals surface area contributed by atoms with Gasteiger partial charge in [0.1, 0.15) is 0 Å². The van der Waals surface area contributed by atoms with Gasteiger partial charge in [-0.05, 0) is 51.7 Å². The molecule has 0 bridgehead atoms. The Morgan fingerprint density at radius 1 is 0.750 bits per heavy atom. The molecule has 0 aliphatic carbocycles. The Labute approximate surface area is 179 Å². The molecule has 0 saturated carbocycles. The molecule has 2 atom stereocenters. The molecular weight excluding hydrogens is 348 g/mol.